The van der Waals surface area contributed by atoms with Gasteiger partial charge in [0.1, 0.15) is 11.7 Å². The summed E-state index contributed by atoms with van der Waals surface area (Å²) in [5.74, 6) is 3.91. The molecule has 0 bridgehead atoms. The molecule has 74 heavy (non-hydrogen) atoms. The fourth-order valence-electron chi connectivity index (χ4n) is 13.9. The summed E-state index contributed by atoms with van der Waals surface area (Å²) in [6, 6.07) is 40.8. The number of rotatable bonds is 9. The summed E-state index contributed by atoms with van der Waals surface area (Å²) in [5.41, 5.74) is 12.8. The highest BCUT2D eigenvalue weighted by Crippen LogP contribution is 2.52. The molecule has 4 aromatic rings. The van der Waals surface area contributed by atoms with Gasteiger partial charge in [-0.05, 0) is 95.2 Å². The molecule has 12 atom stereocenters. The van der Waals surface area contributed by atoms with Crippen LogP contribution in [0.1, 0.15) is 54.4 Å². The lowest BCUT2D eigenvalue weighted by molar-refractivity contribution is 0.501. The van der Waals surface area contributed by atoms with Crippen LogP contribution in [0.2, 0.25) is 0 Å². The lowest BCUT2D eigenvalue weighted by Crippen LogP contribution is -2.44. The minimum atomic E-state index is -0.253. The maximum atomic E-state index is 5.73. The molecular weight excluding hydrogens is 899 g/mol. The number of hydrogen-bond donors (Lipinski definition) is 1. The fourth-order valence-corrected chi connectivity index (χ4v) is 13.9. The highest BCUT2D eigenvalue weighted by atomic mass is 15.3. The number of aliphatic imine (C=N–C) groups is 2. The molecule has 1 N–H and O–H groups in total. The van der Waals surface area contributed by atoms with Gasteiger partial charge in [-0.25, -0.2) is 9.98 Å². The summed E-state index contributed by atoms with van der Waals surface area (Å²) in [6.07, 6.45) is 57.8. The number of allylic oxidation sites excluding steroid dienone is 16. The van der Waals surface area contributed by atoms with E-state index in [1.54, 1.807) is 0 Å². The van der Waals surface area contributed by atoms with Crippen molar-refractivity contribution >= 4 is 39.8 Å². The molecule has 3 heterocycles. The first-order chi connectivity index (χ1) is 36.7. The molecular formula is C69H63N5. The summed E-state index contributed by atoms with van der Waals surface area (Å²) in [5, 5.41) is 3.99. The van der Waals surface area contributed by atoms with Crippen LogP contribution in [0.25, 0.3) is 16.7 Å². The van der Waals surface area contributed by atoms with Crippen LogP contribution >= 0.6 is 0 Å². The van der Waals surface area contributed by atoms with E-state index in [1.165, 1.54) is 56.8 Å². The summed E-state index contributed by atoms with van der Waals surface area (Å²) < 4.78 is 0. The minimum absolute atomic E-state index is 0.117. The largest absolute Gasteiger partial charge is 0.357 e. The summed E-state index contributed by atoms with van der Waals surface area (Å²) in [4.78, 5) is 16.7. The topological polar surface area (TPSA) is 43.2 Å². The van der Waals surface area contributed by atoms with Gasteiger partial charge in [-0.15, -0.1) is 0 Å². The van der Waals surface area contributed by atoms with E-state index in [0.717, 1.165) is 42.9 Å². The van der Waals surface area contributed by atoms with Crippen molar-refractivity contribution in [2.75, 3.05) is 9.80 Å². The Balaban J connectivity index is 0.921. The zero-order valence-electron chi connectivity index (χ0n) is 41.8. The van der Waals surface area contributed by atoms with Crippen molar-refractivity contribution in [3.05, 3.63) is 271 Å². The number of benzene rings is 4. The second kappa shape index (κ2) is 19.3. The summed E-state index contributed by atoms with van der Waals surface area (Å²) in [6.45, 7) is 0. The number of fused-ring (bicyclic) bond motifs is 6. The third-order valence-corrected chi connectivity index (χ3v) is 17.5. The van der Waals surface area contributed by atoms with E-state index in [-0.39, 0.29) is 54.0 Å². The van der Waals surface area contributed by atoms with E-state index >= 15 is 0 Å². The molecule has 10 aliphatic rings. The normalized spacial score (nSPS) is 31.8. The molecule has 4 aromatic carbocycles. The summed E-state index contributed by atoms with van der Waals surface area (Å²) >= 11 is 0. The zero-order chi connectivity index (χ0) is 49.0. The average Bonchev–Trinajstić information content (AvgIpc) is 4.03. The van der Waals surface area contributed by atoms with Crippen LogP contribution in [0, 0.1) is 41.4 Å². The number of nitrogens with one attached hydrogen (secondary N) is 1. The molecule has 5 heteroatoms. The van der Waals surface area contributed by atoms with Crippen LogP contribution in [0.5, 0.6) is 0 Å². The van der Waals surface area contributed by atoms with Gasteiger partial charge >= 0.3 is 0 Å². The van der Waals surface area contributed by atoms with Crippen molar-refractivity contribution in [1.29, 1.82) is 0 Å². The molecule has 3 aliphatic heterocycles. The third kappa shape index (κ3) is 8.18. The number of hydrogen-bond acceptors (Lipinski definition) is 5. The van der Waals surface area contributed by atoms with Crippen LogP contribution in [-0.4, -0.2) is 42.0 Å². The Morgan fingerprint density at radius 3 is 1.59 bits per heavy atom. The van der Waals surface area contributed by atoms with Gasteiger partial charge in [-0.2, -0.15) is 0 Å². The molecule has 0 saturated carbocycles. The molecule has 0 aromatic heterocycles. The monoisotopic (exact) mass is 962 g/mol. The van der Waals surface area contributed by atoms with E-state index in [2.05, 4.69) is 258 Å². The minimum Gasteiger partial charge on any atom is -0.357 e. The Morgan fingerprint density at radius 1 is 0.473 bits per heavy atom. The van der Waals surface area contributed by atoms with Crippen LogP contribution in [0.15, 0.2) is 258 Å². The number of nitrogens with zero attached hydrogens (tertiary/aromatic N) is 4. The van der Waals surface area contributed by atoms with Crippen molar-refractivity contribution in [3.8, 4) is 0 Å². The van der Waals surface area contributed by atoms with Gasteiger partial charge in [0.15, 0.2) is 6.17 Å². The first-order valence-electron chi connectivity index (χ1n) is 27.4. The van der Waals surface area contributed by atoms with Crippen LogP contribution in [0.4, 0.5) is 11.4 Å². The lowest BCUT2D eigenvalue weighted by atomic mass is 9.76. The maximum absolute atomic E-state index is 5.73. The number of amidine groups is 2. The maximum Gasteiger partial charge on any atom is 0.150 e. The molecule has 0 amide bonds. The molecule has 2 saturated heterocycles. The zero-order valence-corrected chi connectivity index (χ0v) is 41.8. The van der Waals surface area contributed by atoms with Gasteiger partial charge in [0.2, 0.25) is 0 Å². The van der Waals surface area contributed by atoms with Gasteiger partial charge in [-0.1, -0.05) is 225 Å². The average molecular weight is 962 g/mol. The Morgan fingerprint density at radius 2 is 1.04 bits per heavy atom. The van der Waals surface area contributed by atoms with Crippen LogP contribution in [-0.2, 0) is 0 Å². The lowest BCUT2D eigenvalue weighted by Gasteiger charge is -2.37. The third-order valence-electron chi connectivity index (χ3n) is 17.5. The van der Waals surface area contributed by atoms with Crippen molar-refractivity contribution in [1.82, 2.24) is 5.32 Å². The molecule has 2 fully saturated rings. The quantitative estimate of drug-likeness (QED) is 0.170. The van der Waals surface area contributed by atoms with Crippen LogP contribution < -0.4 is 15.1 Å². The Bertz CT molecular complexity index is 3230. The van der Waals surface area contributed by atoms with Gasteiger partial charge in [0.05, 0.1) is 24.2 Å². The first kappa shape index (κ1) is 44.9. The van der Waals surface area contributed by atoms with Crippen LogP contribution in [0.3, 0.4) is 0 Å². The van der Waals surface area contributed by atoms with Gasteiger partial charge in [-0.3, -0.25) is 0 Å². The Kier molecular flexibility index (Phi) is 11.7. The van der Waals surface area contributed by atoms with Gasteiger partial charge in [0, 0.05) is 52.4 Å². The van der Waals surface area contributed by atoms with Crippen molar-refractivity contribution in [2.24, 2.45) is 51.4 Å². The van der Waals surface area contributed by atoms with Gasteiger partial charge < -0.3 is 15.1 Å². The second-order valence-electron chi connectivity index (χ2n) is 21.7. The van der Waals surface area contributed by atoms with E-state index in [9.17, 15) is 0 Å². The van der Waals surface area contributed by atoms with Crippen molar-refractivity contribution in [2.45, 2.75) is 62.4 Å². The summed E-state index contributed by atoms with van der Waals surface area (Å²) in [7, 11) is 0. The Labute approximate surface area is 437 Å². The number of anilines is 2. The highest BCUT2D eigenvalue weighted by Gasteiger charge is 2.50. The molecule has 12 unspecified atom stereocenters. The van der Waals surface area contributed by atoms with E-state index in [1.807, 2.05) is 0 Å². The predicted molar refractivity (Wildman–Crippen MR) is 309 cm³/mol. The van der Waals surface area contributed by atoms with Gasteiger partial charge in [0.25, 0.3) is 0 Å². The van der Waals surface area contributed by atoms with E-state index in [0.29, 0.717) is 17.8 Å². The molecule has 0 spiro atoms. The van der Waals surface area contributed by atoms with Crippen molar-refractivity contribution < 1.29 is 0 Å². The molecule has 7 aliphatic carbocycles. The standard InChI is InChI=1S/C69H63N5/c1-7-19-46(20-8-1)52-31-36-62-57(41-52)58-42-53(47-21-9-2-10-22-47)32-37-63(58)73(62)56-35-40-66(61(45-56)69-71-67(50-27-15-5-16-28-50)70-68(72-69)51-29-17-6-18-30-51)74-64-38-33-54(48-23-11-3-12-24-48)43-59(64)60-44-55(34-39-65(60)74)49-25-13-4-14-26-49/h1-9,11-20,23-27,29,31-45,47,50-51,57-60,62-65,67H,10,21-22,28,30H2,(H,70,71,72). The molecule has 14 rings (SSSR count). The first-order valence-corrected chi connectivity index (χ1v) is 27.4. The predicted octanol–water partition coefficient (Wildman–Crippen LogP) is 14.4. The van der Waals surface area contributed by atoms with E-state index in [4.69, 9.17) is 9.98 Å². The Hall–Kier alpha value is -7.76. The van der Waals surface area contributed by atoms with Crippen molar-refractivity contribution in [3.63, 3.8) is 0 Å². The SMILES string of the molecule is C1=CCC(C2=NC(C3C=CC=CC3)N=C(c3cc(N4C5C=CC(c6ccccc6)=CC5C5C=C(C6CC=CCC6)C=CC54)ccc3N3C4C=CC(c5ccccc5)=CC4C4C=C(c5ccccc5)C=CC43)N2)C=C1. The molecule has 0 radical (unpaired) electrons. The second-order valence-corrected chi connectivity index (χ2v) is 21.7. The smallest absolute Gasteiger partial charge is 0.150 e. The molecule has 5 nitrogen and oxygen atoms in total. The fraction of sp³-hybridized carbons (Fsp3) is 0.246. The van der Waals surface area contributed by atoms with E-state index < -0.39 is 0 Å². The highest BCUT2D eigenvalue weighted by molar-refractivity contribution is 6.14. The molecule has 364 valence electrons.